The van der Waals surface area contributed by atoms with Gasteiger partial charge < -0.3 is 9.64 Å². The third-order valence-electron chi connectivity index (χ3n) is 3.52. The highest BCUT2D eigenvalue weighted by Gasteiger charge is 2.33. The zero-order chi connectivity index (χ0) is 13.2. The van der Waals surface area contributed by atoms with E-state index in [4.69, 9.17) is 4.74 Å². The van der Waals surface area contributed by atoms with Crippen LogP contribution in [0, 0.1) is 0 Å². The number of rotatable bonds is 0. The molecule has 0 radical (unpaired) electrons. The highest BCUT2D eigenvalue weighted by atomic mass is 16.5. The molecule has 0 aromatic heterocycles. The molecule has 1 aromatic rings. The van der Waals surface area contributed by atoms with E-state index in [0.717, 1.165) is 32.4 Å². The van der Waals surface area contributed by atoms with E-state index in [0.29, 0.717) is 11.4 Å². The van der Waals surface area contributed by atoms with Gasteiger partial charge in [0.15, 0.2) is 6.61 Å². The normalized spacial score (nSPS) is 18.8. The quantitative estimate of drug-likeness (QED) is 0.717. The maximum absolute atomic E-state index is 12.5. The highest BCUT2D eigenvalue weighted by Crippen LogP contribution is 2.32. The smallest absolute Gasteiger partial charge is 0.331 e. The van der Waals surface area contributed by atoms with Crippen molar-refractivity contribution in [3.8, 4) is 5.75 Å². The second-order valence-corrected chi connectivity index (χ2v) is 4.82. The fourth-order valence-electron chi connectivity index (χ4n) is 2.54. The fraction of sp³-hybridized carbons (Fsp3) is 0.429. The van der Waals surface area contributed by atoms with Gasteiger partial charge >= 0.3 is 6.03 Å². The van der Waals surface area contributed by atoms with Crippen molar-refractivity contribution in [3.63, 3.8) is 0 Å². The number of amides is 3. The van der Waals surface area contributed by atoms with Crippen LogP contribution in [0.15, 0.2) is 24.3 Å². The van der Waals surface area contributed by atoms with E-state index in [9.17, 15) is 9.59 Å². The summed E-state index contributed by atoms with van der Waals surface area (Å²) in [7, 11) is 0. The number of piperidine rings is 1. The Hall–Kier alpha value is -2.04. The summed E-state index contributed by atoms with van der Waals surface area (Å²) in [6, 6.07) is 6.93. The molecule has 1 aromatic carbocycles. The SMILES string of the molecule is O=C1COc2ccccc2N1C(=O)N1CCCCC1. The zero-order valence-electron chi connectivity index (χ0n) is 10.7. The fourth-order valence-corrected chi connectivity index (χ4v) is 2.54. The molecule has 3 amide bonds. The van der Waals surface area contributed by atoms with Crippen molar-refractivity contribution in [1.82, 2.24) is 4.90 Å². The van der Waals surface area contributed by atoms with E-state index in [2.05, 4.69) is 0 Å². The molecule has 0 atom stereocenters. The Kier molecular flexibility index (Phi) is 3.11. The van der Waals surface area contributed by atoms with Crippen LogP contribution in [0.3, 0.4) is 0 Å². The summed E-state index contributed by atoms with van der Waals surface area (Å²) in [5, 5.41) is 0. The molecular formula is C14H16N2O3. The molecular weight excluding hydrogens is 244 g/mol. The van der Waals surface area contributed by atoms with Crippen LogP contribution >= 0.6 is 0 Å². The third kappa shape index (κ3) is 2.16. The maximum atomic E-state index is 12.5. The van der Waals surface area contributed by atoms with Gasteiger partial charge in [0.05, 0.1) is 5.69 Å². The number of anilines is 1. The number of nitrogens with zero attached hydrogens (tertiary/aromatic N) is 2. The minimum absolute atomic E-state index is 0.0728. The molecule has 100 valence electrons. The van der Waals surface area contributed by atoms with Gasteiger partial charge in [-0.1, -0.05) is 12.1 Å². The number of benzene rings is 1. The van der Waals surface area contributed by atoms with Crippen LogP contribution in [0.4, 0.5) is 10.5 Å². The van der Waals surface area contributed by atoms with Crippen LogP contribution in [0.5, 0.6) is 5.75 Å². The first-order valence-corrected chi connectivity index (χ1v) is 6.61. The molecule has 2 aliphatic rings. The first-order chi connectivity index (χ1) is 9.27. The number of likely N-dealkylation sites (tertiary alicyclic amines) is 1. The average molecular weight is 260 g/mol. The number of para-hydroxylation sites is 2. The second kappa shape index (κ2) is 4.91. The van der Waals surface area contributed by atoms with Gasteiger partial charge in [0.1, 0.15) is 5.75 Å². The lowest BCUT2D eigenvalue weighted by molar-refractivity contribution is -0.120. The molecule has 5 nitrogen and oxygen atoms in total. The lowest BCUT2D eigenvalue weighted by Crippen LogP contribution is -2.51. The van der Waals surface area contributed by atoms with Crippen LogP contribution in [-0.4, -0.2) is 36.5 Å². The van der Waals surface area contributed by atoms with Gasteiger partial charge in [0.2, 0.25) is 0 Å². The molecule has 0 spiro atoms. The van der Waals surface area contributed by atoms with E-state index in [1.807, 2.05) is 6.07 Å². The Balaban J connectivity index is 1.90. The van der Waals surface area contributed by atoms with Crippen molar-refractivity contribution in [3.05, 3.63) is 24.3 Å². The number of carbonyl (C=O) groups excluding carboxylic acids is 2. The topological polar surface area (TPSA) is 49.9 Å². The molecule has 1 saturated heterocycles. The molecule has 2 heterocycles. The standard InChI is InChI=1S/C14H16N2O3/c17-13-10-19-12-7-3-2-6-11(12)16(13)14(18)15-8-4-1-5-9-15/h2-3,6-7H,1,4-5,8-10H2. The number of hydrogen-bond donors (Lipinski definition) is 0. The Labute approximate surface area is 111 Å². The summed E-state index contributed by atoms with van der Waals surface area (Å²) in [6.07, 6.45) is 3.16. The molecule has 1 fully saturated rings. The Morgan fingerprint density at radius 2 is 1.84 bits per heavy atom. The van der Waals surface area contributed by atoms with Gasteiger partial charge in [-0.15, -0.1) is 0 Å². The summed E-state index contributed by atoms with van der Waals surface area (Å²) >= 11 is 0. The van der Waals surface area contributed by atoms with E-state index in [1.54, 1.807) is 23.1 Å². The van der Waals surface area contributed by atoms with Crippen molar-refractivity contribution < 1.29 is 14.3 Å². The first-order valence-electron chi connectivity index (χ1n) is 6.61. The molecule has 3 rings (SSSR count). The number of ether oxygens (including phenoxy) is 1. The lowest BCUT2D eigenvalue weighted by atomic mass is 10.1. The van der Waals surface area contributed by atoms with Gasteiger partial charge in [-0.25, -0.2) is 9.69 Å². The lowest BCUT2D eigenvalue weighted by Gasteiger charge is -2.34. The number of carbonyl (C=O) groups is 2. The number of imide groups is 1. The zero-order valence-corrected chi connectivity index (χ0v) is 10.7. The van der Waals surface area contributed by atoms with Crippen LogP contribution in [0.2, 0.25) is 0 Å². The number of hydrogen-bond acceptors (Lipinski definition) is 3. The summed E-state index contributed by atoms with van der Waals surface area (Å²) in [5.41, 5.74) is 0.550. The van der Waals surface area contributed by atoms with Crippen molar-refractivity contribution >= 4 is 17.6 Å². The average Bonchev–Trinajstić information content (AvgIpc) is 2.47. The number of urea groups is 1. The molecule has 0 unspecified atom stereocenters. The molecule has 2 aliphatic heterocycles. The van der Waals surface area contributed by atoms with Gasteiger partial charge in [-0.2, -0.15) is 0 Å². The molecule has 0 aliphatic carbocycles. The Morgan fingerprint density at radius 1 is 1.11 bits per heavy atom. The van der Waals surface area contributed by atoms with Gasteiger partial charge in [-0.05, 0) is 31.4 Å². The Bertz CT molecular complexity index is 509. The molecule has 0 bridgehead atoms. The van der Waals surface area contributed by atoms with Crippen LogP contribution < -0.4 is 9.64 Å². The van der Waals surface area contributed by atoms with E-state index in [-0.39, 0.29) is 18.5 Å². The monoisotopic (exact) mass is 260 g/mol. The number of fused-ring (bicyclic) bond motifs is 1. The van der Waals surface area contributed by atoms with Gasteiger partial charge in [0.25, 0.3) is 5.91 Å². The minimum Gasteiger partial charge on any atom is -0.482 e. The second-order valence-electron chi connectivity index (χ2n) is 4.82. The third-order valence-corrected chi connectivity index (χ3v) is 3.52. The molecule has 0 saturated carbocycles. The largest absolute Gasteiger partial charge is 0.482 e. The predicted molar refractivity (Wildman–Crippen MR) is 70.2 cm³/mol. The van der Waals surface area contributed by atoms with Gasteiger partial charge in [0, 0.05) is 13.1 Å². The van der Waals surface area contributed by atoms with Gasteiger partial charge in [-0.3, -0.25) is 4.79 Å². The van der Waals surface area contributed by atoms with Crippen molar-refractivity contribution in [2.75, 3.05) is 24.6 Å². The van der Waals surface area contributed by atoms with Crippen LogP contribution in [0.25, 0.3) is 0 Å². The predicted octanol–water partition coefficient (Wildman–Crippen LogP) is 2.02. The molecule has 0 N–H and O–H groups in total. The van der Waals surface area contributed by atoms with E-state index in [1.165, 1.54) is 4.90 Å². The molecule has 19 heavy (non-hydrogen) atoms. The summed E-state index contributed by atoms with van der Waals surface area (Å²) in [4.78, 5) is 27.5. The highest BCUT2D eigenvalue weighted by molar-refractivity contribution is 6.16. The van der Waals surface area contributed by atoms with Crippen molar-refractivity contribution in [2.45, 2.75) is 19.3 Å². The van der Waals surface area contributed by atoms with E-state index < -0.39 is 0 Å². The summed E-state index contributed by atoms with van der Waals surface area (Å²) < 4.78 is 5.34. The summed E-state index contributed by atoms with van der Waals surface area (Å²) in [6.45, 7) is 1.38. The maximum Gasteiger partial charge on any atom is 0.331 e. The van der Waals surface area contributed by atoms with Crippen molar-refractivity contribution in [2.24, 2.45) is 0 Å². The summed E-state index contributed by atoms with van der Waals surface area (Å²) in [5.74, 6) is 0.293. The van der Waals surface area contributed by atoms with Crippen LogP contribution in [0.1, 0.15) is 19.3 Å². The first kappa shape index (κ1) is 12.0. The van der Waals surface area contributed by atoms with E-state index >= 15 is 0 Å². The Morgan fingerprint density at radius 3 is 2.63 bits per heavy atom. The molecule has 5 heteroatoms. The van der Waals surface area contributed by atoms with Crippen LogP contribution in [-0.2, 0) is 4.79 Å². The van der Waals surface area contributed by atoms with Crippen molar-refractivity contribution in [1.29, 1.82) is 0 Å². The minimum atomic E-state index is -0.297.